The maximum Gasteiger partial charge on any atom is 0.416 e. The summed E-state index contributed by atoms with van der Waals surface area (Å²) in [6.45, 7) is 0. The predicted octanol–water partition coefficient (Wildman–Crippen LogP) is 4.74. The zero-order valence-electron chi connectivity index (χ0n) is 9.76. The van der Waals surface area contributed by atoms with Crippen molar-refractivity contribution in [3.05, 3.63) is 40.1 Å². The molecule has 1 saturated carbocycles. The Kier molecular flexibility index (Phi) is 2.92. The number of nitrogens with zero attached hydrogens (tertiary/aromatic N) is 1. The van der Waals surface area contributed by atoms with Crippen LogP contribution in [0.3, 0.4) is 0 Å². The minimum Gasteiger partial charge on any atom is -0.342 e. The molecule has 6 heteroatoms. The zero-order valence-corrected chi connectivity index (χ0v) is 11.3. The van der Waals surface area contributed by atoms with Crippen molar-refractivity contribution in [2.75, 3.05) is 0 Å². The number of aromatic amines is 1. The molecule has 0 radical (unpaired) electrons. The van der Waals surface area contributed by atoms with Gasteiger partial charge in [-0.05, 0) is 31.0 Å². The lowest BCUT2D eigenvalue weighted by molar-refractivity contribution is -0.137. The first-order valence-corrected chi connectivity index (χ1v) is 6.66. The quantitative estimate of drug-likeness (QED) is 0.846. The number of halogens is 4. The van der Waals surface area contributed by atoms with Gasteiger partial charge in [0.25, 0.3) is 0 Å². The van der Waals surface area contributed by atoms with Crippen LogP contribution in [0.25, 0.3) is 11.4 Å². The highest BCUT2D eigenvalue weighted by atomic mass is 79.9. The lowest BCUT2D eigenvalue weighted by atomic mass is 10.1. The van der Waals surface area contributed by atoms with Gasteiger partial charge in [-0.1, -0.05) is 15.9 Å². The van der Waals surface area contributed by atoms with Gasteiger partial charge in [-0.15, -0.1) is 0 Å². The highest BCUT2D eigenvalue weighted by Gasteiger charge is 2.31. The third kappa shape index (κ3) is 2.54. The molecule has 2 nitrogen and oxygen atoms in total. The van der Waals surface area contributed by atoms with Crippen LogP contribution in [0, 0.1) is 0 Å². The molecule has 0 spiro atoms. The number of hydrogen-bond acceptors (Lipinski definition) is 1. The Balaban J connectivity index is 2.02. The fourth-order valence-electron chi connectivity index (χ4n) is 1.96. The Bertz CT molecular complexity index is 615. The summed E-state index contributed by atoms with van der Waals surface area (Å²) in [6, 6.07) is 3.56. The molecule has 3 rings (SSSR count). The lowest BCUT2D eigenvalue weighted by Crippen LogP contribution is -2.05. The van der Waals surface area contributed by atoms with Crippen molar-refractivity contribution in [3.8, 4) is 11.4 Å². The monoisotopic (exact) mass is 330 g/mol. The Morgan fingerprint density at radius 3 is 2.63 bits per heavy atom. The summed E-state index contributed by atoms with van der Waals surface area (Å²) in [5.74, 6) is 0.964. The summed E-state index contributed by atoms with van der Waals surface area (Å²) < 4.78 is 38.7. The second-order valence-electron chi connectivity index (χ2n) is 4.65. The normalized spacial score (nSPS) is 15.8. The van der Waals surface area contributed by atoms with E-state index < -0.39 is 11.7 Å². The first kappa shape index (κ1) is 12.7. The van der Waals surface area contributed by atoms with Crippen LogP contribution in [-0.2, 0) is 6.18 Å². The molecule has 1 aromatic heterocycles. The third-order valence-electron chi connectivity index (χ3n) is 3.16. The van der Waals surface area contributed by atoms with Gasteiger partial charge in [0.1, 0.15) is 5.82 Å². The maximum absolute atomic E-state index is 12.7. The molecular formula is C13H10BrF3N2. The van der Waals surface area contributed by atoms with Gasteiger partial charge in [0.15, 0.2) is 0 Å². The molecule has 19 heavy (non-hydrogen) atoms. The van der Waals surface area contributed by atoms with Crippen LogP contribution in [0.2, 0.25) is 0 Å². The molecule has 1 heterocycles. The molecule has 100 valence electrons. The van der Waals surface area contributed by atoms with Crippen LogP contribution in [-0.4, -0.2) is 9.97 Å². The number of rotatable bonds is 2. The molecule has 0 atom stereocenters. The Morgan fingerprint density at radius 1 is 1.26 bits per heavy atom. The van der Waals surface area contributed by atoms with Crippen LogP contribution >= 0.6 is 15.9 Å². The smallest absolute Gasteiger partial charge is 0.342 e. The van der Waals surface area contributed by atoms with Gasteiger partial charge in [-0.3, -0.25) is 0 Å². The first-order chi connectivity index (χ1) is 8.95. The lowest BCUT2D eigenvalue weighted by Gasteiger charge is -2.09. The van der Waals surface area contributed by atoms with E-state index in [-0.39, 0.29) is 0 Å². The molecule has 1 fully saturated rings. The number of alkyl halides is 3. The van der Waals surface area contributed by atoms with Crippen molar-refractivity contribution in [3.63, 3.8) is 0 Å². The van der Waals surface area contributed by atoms with Crippen molar-refractivity contribution in [1.29, 1.82) is 0 Å². The van der Waals surface area contributed by atoms with Crippen molar-refractivity contribution >= 4 is 15.9 Å². The summed E-state index contributed by atoms with van der Waals surface area (Å²) in [4.78, 5) is 7.28. The molecular weight excluding hydrogens is 321 g/mol. The largest absolute Gasteiger partial charge is 0.416 e. The average molecular weight is 331 g/mol. The number of aromatic nitrogens is 2. The van der Waals surface area contributed by atoms with Crippen molar-refractivity contribution < 1.29 is 13.2 Å². The SMILES string of the molecule is FC(F)(F)c1ccc(Br)c(-c2ncc(C3CC3)[nH]2)c1. The number of nitrogens with one attached hydrogen (secondary N) is 1. The van der Waals surface area contributed by atoms with E-state index in [1.807, 2.05) is 0 Å². The number of imidazole rings is 1. The van der Waals surface area contributed by atoms with Gasteiger partial charge in [0, 0.05) is 27.8 Å². The Labute approximate surface area is 116 Å². The topological polar surface area (TPSA) is 28.7 Å². The van der Waals surface area contributed by atoms with Gasteiger partial charge in [0.2, 0.25) is 0 Å². The zero-order chi connectivity index (χ0) is 13.6. The van der Waals surface area contributed by atoms with Crippen molar-refractivity contribution in [2.45, 2.75) is 24.9 Å². The van der Waals surface area contributed by atoms with Crippen LogP contribution in [0.5, 0.6) is 0 Å². The number of H-pyrrole nitrogens is 1. The molecule has 1 aliphatic carbocycles. The Morgan fingerprint density at radius 2 is 2.00 bits per heavy atom. The van der Waals surface area contributed by atoms with E-state index in [9.17, 15) is 13.2 Å². The fraction of sp³-hybridized carbons (Fsp3) is 0.308. The summed E-state index contributed by atoms with van der Waals surface area (Å²) in [7, 11) is 0. The third-order valence-corrected chi connectivity index (χ3v) is 3.85. The van der Waals surface area contributed by atoms with Crippen molar-refractivity contribution in [2.24, 2.45) is 0 Å². The maximum atomic E-state index is 12.7. The second kappa shape index (κ2) is 4.37. The summed E-state index contributed by atoms with van der Waals surface area (Å²) in [5.41, 5.74) is 0.760. The molecule has 0 bridgehead atoms. The summed E-state index contributed by atoms with van der Waals surface area (Å²) >= 11 is 3.27. The number of hydrogen-bond donors (Lipinski definition) is 1. The summed E-state index contributed by atoms with van der Waals surface area (Å²) in [5, 5.41) is 0. The molecule has 2 aromatic rings. The molecule has 1 N–H and O–H groups in total. The average Bonchev–Trinajstić information content (AvgIpc) is 3.07. The van der Waals surface area contributed by atoms with E-state index >= 15 is 0 Å². The van der Waals surface area contributed by atoms with Gasteiger partial charge >= 0.3 is 6.18 Å². The van der Waals surface area contributed by atoms with E-state index in [2.05, 4.69) is 25.9 Å². The highest BCUT2D eigenvalue weighted by Crippen LogP contribution is 2.40. The molecule has 1 aliphatic rings. The molecule has 0 amide bonds. The first-order valence-electron chi connectivity index (χ1n) is 5.87. The van der Waals surface area contributed by atoms with Crippen LogP contribution in [0.15, 0.2) is 28.9 Å². The van der Waals surface area contributed by atoms with E-state index in [1.165, 1.54) is 6.07 Å². The number of benzene rings is 1. The minimum atomic E-state index is -4.35. The van der Waals surface area contributed by atoms with Crippen molar-refractivity contribution in [1.82, 2.24) is 9.97 Å². The highest BCUT2D eigenvalue weighted by molar-refractivity contribution is 9.10. The van der Waals surface area contributed by atoms with Gasteiger partial charge in [-0.25, -0.2) is 4.98 Å². The van der Waals surface area contributed by atoms with E-state index in [4.69, 9.17) is 0 Å². The predicted molar refractivity (Wildman–Crippen MR) is 68.7 cm³/mol. The fourth-order valence-corrected chi connectivity index (χ4v) is 2.39. The van der Waals surface area contributed by atoms with Gasteiger partial charge < -0.3 is 4.98 Å². The van der Waals surface area contributed by atoms with E-state index in [1.54, 1.807) is 6.20 Å². The Hall–Kier alpha value is -1.30. The second-order valence-corrected chi connectivity index (χ2v) is 5.51. The standard InChI is InChI=1S/C13H10BrF3N2/c14-10-4-3-8(13(15,16)17)5-9(10)12-18-6-11(19-12)7-1-2-7/h3-7H,1-2H2,(H,18,19). The van der Waals surface area contributed by atoms with E-state index in [0.717, 1.165) is 30.7 Å². The van der Waals surface area contributed by atoms with Crippen LogP contribution in [0.4, 0.5) is 13.2 Å². The summed E-state index contributed by atoms with van der Waals surface area (Å²) in [6.07, 6.45) is -0.405. The molecule has 0 aliphatic heterocycles. The minimum absolute atomic E-state index is 0.432. The molecule has 0 saturated heterocycles. The van der Waals surface area contributed by atoms with Gasteiger partial charge in [0.05, 0.1) is 5.56 Å². The van der Waals surface area contributed by atoms with Gasteiger partial charge in [-0.2, -0.15) is 13.2 Å². The molecule has 1 aromatic carbocycles. The van der Waals surface area contributed by atoms with E-state index in [0.29, 0.717) is 21.8 Å². The van der Waals surface area contributed by atoms with Crippen LogP contribution < -0.4 is 0 Å². The van der Waals surface area contributed by atoms with Crippen LogP contribution in [0.1, 0.15) is 30.0 Å². The molecule has 0 unspecified atom stereocenters.